The number of carbonyl (C=O) groups excluding carboxylic acids is 1. The van der Waals surface area contributed by atoms with Gasteiger partial charge in [-0.15, -0.1) is 0 Å². The number of rotatable bonds is 8. The van der Waals surface area contributed by atoms with Crippen LogP contribution in [0.3, 0.4) is 0 Å². The third kappa shape index (κ3) is 4.06. The van der Waals surface area contributed by atoms with E-state index in [0.717, 1.165) is 10.9 Å². The van der Waals surface area contributed by atoms with Crippen LogP contribution in [-0.2, 0) is 11.2 Å². The molecule has 0 aliphatic heterocycles. The Morgan fingerprint density at radius 3 is 2.43 bits per heavy atom. The van der Waals surface area contributed by atoms with Crippen LogP contribution >= 0.6 is 0 Å². The van der Waals surface area contributed by atoms with Gasteiger partial charge in [0.1, 0.15) is 17.9 Å². The molecule has 1 saturated carbocycles. The summed E-state index contributed by atoms with van der Waals surface area (Å²) in [5.74, 6) is 3.19. The number of ketones is 1. The monoisotopic (exact) mass is 378 g/mol. The van der Waals surface area contributed by atoms with Crippen molar-refractivity contribution in [3.8, 4) is 23.1 Å². The first kappa shape index (κ1) is 18.2. The number of carbonyl (C=O) groups is 1. The number of benzene rings is 2. The van der Waals surface area contributed by atoms with Crippen molar-refractivity contribution >= 4 is 16.7 Å². The number of hydrogen-bond acceptors (Lipinski definition) is 6. The van der Waals surface area contributed by atoms with Gasteiger partial charge in [-0.3, -0.25) is 4.79 Å². The van der Waals surface area contributed by atoms with Crippen molar-refractivity contribution in [1.29, 1.82) is 0 Å². The summed E-state index contributed by atoms with van der Waals surface area (Å²) in [4.78, 5) is 20.6. The van der Waals surface area contributed by atoms with Gasteiger partial charge in [-0.05, 0) is 42.5 Å². The molecule has 144 valence electrons. The molecule has 0 saturated heterocycles. The van der Waals surface area contributed by atoms with E-state index in [9.17, 15) is 4.79 Å². The van der Waals surface area contributed by atoms with Crippen molar-refractivity contribution in [2.24, 2.45) is 5.92 Å². The summed E-state index contributed by atoms with van der Waals surface area (Å²) in [7, 11) is 3.16. The van der Waals surface area contributed by atoms with Gasteiger partial charge in [0.2, 0.25) is 5.88 Å². The lowest BCUT2D eigenvalue weighted by atomic mass is 10.1. The summed E-state index contributed by atoms with van der Waals surface area (Å²) >= 11 is 0. The number of nitrogens with zero attached hydrogens (tertiary/aromatic N) is 2. The zero-order valence-electron chi connectivity index (χ0n) is 16.0. The van der Waals surface area contributed by atoms with Crippen LogP contribution in [0.5, 0.6) is 23.1 Å². The van der Waals surface area contributed by atoms with Crippen LogP contribution in [0.4, 0.5) is 0 Å². The van der Waals surface area contributed by atoms with Crippen LogP contribution in [0.25, 0.3) is 10.9 Å². The third-order valence-electron chi connectivity index (χ3n) is 4.86. The van der Waals surface area contributed by atoms with E-state index in [2.05, 4.69) is 9.97 Å². The van der Waals surface area contributed by atoms with Crippen LogP contribution < -0.4 is 14.2 Å². The fourth-order valence-corrected chi connectivity index (χ4v) is 3.17. The Bertz CT molecular complexity index is 997. The first-order valence-corrected chi connectivity index (χ1v) is 9.31. The van der Waals surface area contributed by atoms with Gasteiger partial charge < -0.3 is 14.2 Å². The van der Waals surface area contributed by atoms with Crippen LogP contribution in [-0.4, -0.2) is 30.0 Å². The van der Waals surface area contributed by atoms with Gasteiger partial charge in [-0.25, -0.2) is 9.97 Å². The molecule has 0 amide bonds. The van der Waals surface area contributed by atoms with Gasteiger partial charge in [0.25, 0.3) is 0 Å². The largest absolute Gasteiger partial charge is 0.493 e. The Balaban J connectivity index is 1.53. The molecule has 28 heavy (non-hydrogen) atoms. The highest BCUT2D eigenvalue weighted by Crippen LogP contribution is 2.36. The minimum Gasteiger partial charge on any atom is -0.493 e. The van der Waals surface area contributed by atoms with Crippen LogP contribution in [0.2, 0.25) is 0 Å². The van der Waals surface area contributed by atoms with Gasteiger partial charge in [0.15, 0.2) is 11.5 Å². The highest BCUT2D eigenvalue weighted by Gasteiger charge is 2.24. The van der Waals surface area contributed by atoms with Crippen LogP contribution in [0.1, 0.15) is 24.8 Å². The third-order valence-corrected chi connectivity index (χ3v) is 4.86. The number of ether oxygens (including phenoxy) is 3. The van der Waals surface area contributed by atoms with Crippen molar-refractivity contribution in [2.45, 2.75) is 25.7 Å². The smallest absolute Gasteiger partial charge is 0.230 e. The van der Waals surface area contributed by atoms with Gasteiger partial charge in [-0.1, -0.05) is 12.1 Å². The average Bonchev–Trinajstić information content (AvgIpc) is 3.52. The van der Waals surface area contributed by atoms with E-state index in [1.165, 1.54) is 19.2 Å². The Labute approximate surface area is 163 Å². The first-order chi connectivity index (χ1) is 13.7. The van der Waals surface area contributed by atoms with Crippen LogP contribution in [0.15, 0.2) is 42.7 Å². The van der Waals surface area contributed by atoms with E-state index < -0.39 is 0 Å². The van der Waals surface area contributed by atoms with E-state index in [-0.39, 0.29) is 0 Å². The Morgan fingerprint density at radius 2 is 1.75 bits per heavy atom. The lowest BCUT2D eigenvalue weighted by Crippen LogP contribution is -2.03. The molecule has 1 fully saturated rings. The van der Waals surface area contributed by atoms with Gasteiger partial charge >= 0.3 is 0 Å². The van der Waals surface area contributed by atoms with Crippen molar-refractivity contribution < 1.29 is 19.0 Å². The number of fused-ring (bicyclic) bond motifs is 1. The second-order valence-corrected chi connectivity index (χ2v) is 7.01. The molecule has 1 aromatic heterocycles. The first-order valence-electron chi connectivity index (χ1n) is 9.31. The molecule has 0 unspecified atom stereocenters. The molecular weight excluding hydrogens is 356 g/mol. The Kier molecular flexibility index (Phi) is 5.10. The molecule has 0 atom stereocenters. The molecule has 3 aromatic rings. The number of methoxy groups -OCH3 is 2. The zero-order chi connectivity index (χ0) is 19.5. The number of Topliss-reactive ketones (excluding diaryl/α,β-unsaturated/α-hetero) is 1. The Morgan fingerprint density at radius 1 is 1.04 bits per heavy atom. The standard InChI is InChI=1S/C22H22N2O4/c1-26-20-11-18-19(12-21(20)27-2)23-13-24-22(18)28-17-7-5-15(6-8-17)10-16(25)9-14-3-4-14/h5-8,11-14H,3-4,9-10H2,1-2H3. The molecule has 1 aliphatic carbocycles. The highest BCUT2D eigenvalue weighted by atomic mass is 16.5. The predicted octanol–water partition coefficient (Wildman–Crippen LogP) is 4.35. The lowest BCUT2D eigenvalue weighted by Gasteiger charge is -2.11. The second kappa shape index (κ2) is 7.84. The fourth-order valence-electron chi connectivity index (χ4n) is 3.17. The van der Waals surface area contributed by atoms with Crippen molar-refractivity contribution in [3.63, 3.8) is 0 Å². The SMILES string of the molecule is COc1cc2ncnc(Oc3ccc(CC(=O)CC4CC4)cc3)c2cc1OC. The van der Waals surface area contributed by atoms with E-state index in [1.807, 2.05) is 24.3 Å². The summed E-state index contributed by atoms with van der Waals surface area (Å²) in [6.45, 7) is 0. The molecule has 6 heteroatoms. The molecule has 1 heterocycles. The number of aromatic nitrogens is 2. The maximum atomic E-state index is 12.0. The molecule has 4 rings (SSSR count). The lowest BCUT2D eigenvalue weighted by molar-refractivity contribution is -0.118. The van der Waals surface area contributed by atoms with Gasteiger partial charge in [0, 0.05) is 18.9 Å². The minimum absolute atomic E-state index is 0.305. The average molecular weight is 378 g/mol. The van der Waals surface area contributed by atoms with Gasteiger partial charge in [-0.2, -0.15) is 0 Å². The second-order valence-electron chi connectivity index (χ2n) is 7.01. The summed E-state index contributed by atoms with van der Waals surface area (Å²) in [5.41, 5.74) is 1.70. The summed E-state index contributed by atoms with van der Waals surface area (Å²) in [5, 5.41) is 0.726. The topological polar surface area (TPSA) is 70.5 Å². The molecule has 0 radical (unpaired) electrons. The van der Waals surface area contributed by atoms with Crippen molar-refractivity contribution in [3.05, 3.63) is 48.3 Å². The van der Waals surface area contributed by atoms with Crippen molar-refractivity contribution in [1.82, 2.24) is 9.97 Å². The molecule has 0 bridgehead atoms. The molecule has 0 spiro atoms. The molecule has 6 nitrogen and oxygen atoms in total. The molecule has 2 aromatic carbocycles. The summed E-state index contributed by atoms with van der Waals surface area (Å²) in [6, 6.07) is 11.1. The number of hydrogen-bond donors (Lipinski definition) is 0. The molecule has 0 N–H and O–H groups in total. The molecule has 1 aliphatic rings. The van der Waals surface area contributed by atoms with Gasteiger partial charge in [0.05, 0.1) is 25.1 Å². The fraction of sp³-hybridized carbons (Fsp3) is 0.318. The summed E-state index contributed by atoms with van der Waals surface area (Å²) in [6.07, 6.45) is 5.03. The van der Waals surface area contributed by atoms with Crippen molar-refractivity contribution in [2.75, 3.05) is 14.2 Å². The maximum Gasteiger partial charge on any atom is 0.230 e. The maximum absolute atomic E-state index is 12.0. The van der Waals surface area contributed by atoms with Crippen LogP contribution in [0, 0.1) is 5.92 Å². The van der Waals surface area contributed by atoms with E-state index in [4.69, 9.17) is 14.2 Å². The normalized spacial score (nSPS) is 13.4. The van der Waals surface area contributed by atoms with E-state index in [0.29, 0.717) is 53.2 Å². The highest BCUT2D eigenvalue weighted by molar-refractivity contribution is 5.87. The zero-order valence-corrected chi connectivity index (χ0v) is 16.0. The van der Waals surface area contributed by atoms with E-state index >= 15 is 0 Å². The summed E-state index contributed by atoms with van der Waals surface area (Å²) < 4.78 is 16.7. The quantitative estimate of drug-likeness (QED) is 0.580. The minimum atomic E-state index is 0.305. The molecular formula is C22H22N2O4. The van der Waals surface area contributed by atoms with E-state index in [1.54, 1.807) is 26.4 Å². The predicted molar refractivity (Wildman–Crippen MR) is 105 cm³/mol. The Hall–Kier alpha value is -3.15.